The molecule has 3 unspecified atom stereocenters. The summed E-state index contributed by atoms with van der Waals surface area (Å²) >= 11 is 0. The van der Waals surface area contributed by atoms with E-state index in [0.29, 0.717) is 11.3 Å². The Morgan fingerprint density at radius 3 is 1.84 bits per heavy atom. The average Bonchev–Trinajstić information content (AvgIpc) is 2.92. The van der Waals surface area contributed by atoms with Crippen LogP contribution in [0.15, 0.2) is 0 Å². The van der Waals surface area contributed by atoms with Crippen molar-refractivity contribution in [2.24, 2.45) is 17.1 Å². The predicted octanol–water partition coefficient (Wildman–Crippen LogP) is 4.04. The lowest BCUT2D eigenvalue weighted by atomic mass is 9.74. The third-order valence-electron chi connectivity index (χ3n) is 6.10. The molecule has 19 heavy (non-hydrogen) atoms. The highest BCUT2D eigenvalue weighted by Crippen LogP contribution is 2.61. The van der Waals surface area contributed by atoms with E-state index in [4.69, 9.17) is 5.73 Å². The van der Waals surface area contributed by atoms with E-state index in [-0.39, 0.29) is 11.1 Å². The Balaban J connectivity index is 0.000000861. The minimum absolute atomic E-state index is 0.0550. The largest absolute Gasteiger partial charge is 0.325 e. The molecule has 1 saturated carbocycles. The van der Waals surface area contributed by atoms with Gasteiger partial charge >= 0.3 is 0 Å². The van der Waals surface area contributed by atoms with E-state index in [1.54, 1.807) is 0 Å². The van der Waals surface area contributed by atoms with E-state index in [0.717, 1.165) is 0 Å². The third-order valence-corrected chi connectivity index (χ3v) is 6.10. The molecule has 0 bridgehead atoms. The summed E-state index contributed by atoms with van der Waals surface area (Å²) < 4.78 is 0. The summed E-state index contributed by atoms with van der Waals surface area (Å²) in [6.07, 6.45) is 5.32. The summed E-state index contributed by atoms with van der Waals surface area (Å²) in [6.45, 7) is 18.4. The zero-order chi connectivity index (χ0) is 14.9. The topological polar surface area (TPSA) is 29.3 Å². The lowest BCUT2D eigenvalue weighted by molar-refractivity contribution is 0.0192. The van der Waals surface area contributed by atoms with Crippen LogP contribution in [0.3, 0.4) is 0 Å². The molecule has 1 aliphatic heterocycles. The van der Waals surface area contributed by atoms with Crippen LogP contribution in [-0.2, 0) is 0 Å². The number of rotatable bonds is 3. The molecule has 2 fully saturated rings. The Bertz CT molecular complexity index is 290. The molecule has 1 aliphatic carbocycles. The van der Waals surface area contributed by atoms with E-state index in [2.05, 4.69) is 39.5 Å². The van der Waals surface area contributed by atoms with Crippen LogP contribution in [-0.4, -0.2) is 29.1 Å². The van der Waals surface area contributed by atoms with Crippen molar-refractivity contribution in [2.45, 2.75) is 85.2 Å². The number of hydrogen-bond acceptors (Lipinski definition) is 2. The first-order chi connectivity index (χ1) is 8.72. The zero-order valence-electron chi connectivity index (χ0n) is 14.3. The van der Waals surface area contributed by atoms with Crippen LogP contribution < -0.4 is 5.73 Å². The normalized spacial score (nSPS) is 37.3. The van der Waals surface area contributed by atoms with Crippen LogP contribution in [0.5, 0.6) is 0 Å². The molecule has 0 aromatic heterocycles. The van der Waals surface area contributed by atoms with Crippen molar-refractivity contribution in [2.75, 3.05) is 13.1 Å². The molecule has 0 amide bonds. The van der Waals surface area contributed by atoms with Crippen molar-refractivity contribution in [3.63, 3.8) is 0 Å². The van der Waals surface area contributed by atoms with Gasteiger partial charge < -0.3 is 5.73 Å². The van der Waals surface area contributed by atoms with Crippen LogP contribution in [0, 0.1) is 11.3 Å². The second kappa shape index (κ2) is 5.73. The molecule has 0 aromatic rings. The smallest absolute Gasteiger partial charge is 0.0190 e. The van der Waals surface area contributed by atoms with Gasteiger partial charge in [0.05, 0.1) is 0 Å². The predicted molar refractivity (Wildman–Crippen MR) is 85.3 cm³/mol. The van der Waals surface area contributed by atoms with Crippen LogP contribution in [0.2, 0.25) is 0 Å². The van der Waals surface area contributed by atoms with E-state index in [1.807, 2.05) is 13.8 Å². The fraction of sp³-hybridized carbons (Fsp3) is 1.00. The Labute approximate surface area is 121 Å². The molecular weight excluding hydrogens is 232 g/mol. The van der Waals surface area contributed by atoms with Gasteiger partial charge in [-0.2, -0.15) is 0 Å². The fourth-order valence-corrected chi connectivity index (χ4v) is 3.89. The number of hydrogen-bond donors (Lipinski definition) is 1. The van der Waals surface area contributed by atoms with Crippen LogP contribution in [0.1, 0.15) is 74.1 Å². The summed E-state index contributed by atoms with van der Waals surface area (Å²) in [5, 5.41) is 0. The minimum atomic E-state index is 0.0550. The summed E-state index contributed by atoms with van der Waals surface area (Å²) in [5.74, 6) is 0.656. The van der Waals surface area contributed by atoms with Crippen molar-refractivity contribution in [3.05, 3.63) is 0 Å². The summed E-state index contributed by atoms with van der Waals surface area (Å²) in [5.41, 5.74) is 7.02. The maximum atomic E-state index is 6.35. The molecule has 1 saturated heterocycles. The SMILES string of the molecule is CC.CC(C(C)(C)N1CCCCC1)C1(C)CC1(C)N. The second-order valence-electron chi connectivity index (χ2n) is 7.43. The fourth-order valence-electron chi connectivity index (χ4n) is 3.89. The maximum absolute atomic E-state index is 6.35. The maximum Gasteiger partial charge on any atom is 0.0190 e. The molecule has 2 N–H and O–H groups in total. The molecule has 3 atom stereocenters. The van der Waals surface area contributed by atoms with Gasteiger partial charge in [0.1, 0.15) is 0 Å². The molecule has 0 spiro atoms. The van der Waals surface area contributed by atoms with Crippen molar-refractivity contribution >= 4 is 0 Å². The van der Waals surface area contributed by atoms with Gasteiger partial charge in [-0.3, -0.25) is 4.90 Å². The first-order valence-electron chi connectivity index (χ1n) is 8.26. The average molecular weight is 268 g/mol. The van der Waals surface area contributed by atoms with Crippen molar-refractivity contribution in [1.82, 2.24) is 4.90 Å². The lowest BCUT2D eigenvalue weighted by Crippen LogP contribution is -2.54. The Hall–Kier alpha value is -0.0800. The van der Waals surface area contributed by atoms with Gasteiger partial charge in [0.25, 0.3) is 0 Å². The van der Waals surface area contributed by atoms with Gasteiger partial charge in [0, 0.05) is 11.1 Å². The van der Waals surface area contributed by atoms with Gasteiger partial charge in [-0.25, -0.2) is 0 Å². The molecule has 2 nitrogen and oxygen atoms in total. The van der Waals surface area contributed by atoms with E-state index in [9.17, 15) is 0 Å². The van der Waals surface area contributed by atoms with Gasteiger partial charge in [0.2, 0.25) is 0 Å². The second-order valence-corrected chi connectivity index (χ2v) is 7.43. The standard InChI is InChI=1S/C15H30N2.C2H6/c1-12(14(4)11-15(14,5)16)13(2,3)17-9-7-6-8-10-17;1-2/h12H,6-11,16H2,1-5H3;1-2H3. The molecule has 1 heterocycles. The minimum Gasteiger partial charge on any atom is -0.325 e. The summed E-state index contributed by atoms with van der Waals surface area (Å²) in [6, 6.07) is 0. The number of likely N-dealkylation sites (tertiary alicyclic amines) is 1. The highest BCUT2D eigenvalue weighted by Gasteiger charge is 2.64. The Morgan fingerprint density at radius 1 is 1.05 bits per heavy atom. The van der Waals surface area contributed by atoms with E-state index < -0.39 is 0 Å². The molecule has 2 heteroatoms. The molecule has 0 radical (unpaired) electrons. The van der Waals surface area contributed by atoms with Crippen molar-refractivity contribution < 1.29 is 0 Å². The van der Waals surface area contributed by atoms with Crippen molar-refractivity contribution in [1.29, 1.82) is 0 Å². The molecule has 0 aromatic carbocycles. The van der Waals surface area contributed by atoms with Gasteiger partial charge in [-0.15, -0.1) is 0 Å². The van der Waals surface area contributed by atoms with E-state index >= 15 is 0 Å². The highest BCUT2D eigenvalue weighted by atomic mass is 15.2. The Morgan fingerprint density at radius 2 is 1.47 bits per heavy atom. The first-order valence-corrected chi connectivity index (χ1v) is 8.26. The lowest BCUT2D eigenvalue weighted by Gasteiger charge is -2.48. The van der Waals surface area contributed by atoms with Crippen LogP contribution in [0.4, 0.5) is 0 Å². The van der Waals surface area contributed by atoms with Crippen molar-refractivity contribution in [3.8, 4) is 0 Å². The van der Waals surface area contributed by atoms with Gasteiger partial charge in [-0.05, 0) is 64.5 Å². The number of nitrogens with zero attached hydrogens (tertiary/aromatic N) is 1. The van der Waals surface area contributed by atoms with Gasteiger partial charge in [0.15, 0.2) is 0 Å². The quantitative estimate of drug-likeness (QED) is 0.837. The zero-order valence-corrected chi connectivity index (χ0v) is 14.3. The summed E-state index contributed by atoms with van der Waals surface area (Å²) in [7, 11) is 0. The third kappa shape index (κ3) is 3.00. The Kier molecular flexibility index (Phi) is 5.12. The highest BCUT2D eigenvalue weighted by molar-refractivity contribution is 5.19. The molecule has 114 valence electrons. The number of piperidine rings is 1. The first kappa shape index (κ1) is 17.0. The summed E-state index contributed by atoms with van der Waals surface area (Å²) in [4.78, 5) is 2.70. The van der Waals surface area contributed by atoms with Crippen LogP contribution >= 0.6 is 0 Å². The number of nitrogens with two attached hydrogens (primary N) is 1. The van der Waals surface area contributed by atoms with E-state index in [1.165, 1.54) is 38.8 Å². The monoisotopic (exact) mass is 268 g/mol. The molecular formula is C17H36N2. The van der Waals surface area contributed by atoms with Gasteiger partial charge in [-0.1, -0.05) is 34.1 Å². The molecule has 2 rings (SSSR count). The molecule has 2 aliphatic rings. The van der Waals surface area contributed by atoms with Crippen LogP contribution in [0.25, 0.3) is 0 Å².